The van der Waals surface area contributed by atoms with Crippen LogP contribution in [0.1, 0.15) is 30.0 Å². The summed E-state index contributed by atoms with van der Waals surface area (Å²) in [7, 11) is 1.60. The number of methoxy groups -OCH3 is 1. The van der Waals surface area contributed by atoms with Gasteiger partial charge in [-0.1, -0.05) is 38.1 Å². The third-order valence-corrected chi connectivity index (χ3v) is 4.24. The zero-order valence-electron chi connectivity index (χ0n) is 14.7. The smallest absolute Gasteiger partial charge is 0.275 e. The normalized spacial score (nSPS) is 16.5. The molecule has 3 rings (SSSR count). The van der Waals surface area contributed by atoms with Gasteiger partial charge in [-0.2, -0.15) is 5.10 Å². The minimum absolute atomic E-state index is 0.0662. The fraction of sp³-hybridized carbons (Fsp3) is 0.368. The SMILES string of the molecule is COc1ccccc1OCc1cc(C(=O)N2CC=C[C@H]2C(C)C)n[nH]1. The first-order valence-electron chi connectivity index (χ1n) is 8.38. The summed E-state index contributed by atoms with van der Waals surface area (Å²) in [6.45, 7) is 5.13. The molecule has 0 saturated carbocycles. The second kappa shape index (κ2) is 7.42. The summed E-state index contributed by atoms with van der Waals surface area (Å²) < 4.78 is 11.0. The van der Waals surface area contributed by atoms with Crippen LogP contribution in [0.2, 0.25) is 0 Å². The van der Waals surface area contributed by atoms with E-state index in [-0.39, 0.29) is 18.6 Å². The van der Waals surface area contributed by atoms with Crippen LogP contribution in [0.3, 0.4) is 0 Å². The van der Waals surface area contributed by atoms with Crippen LogP contribution in [-0.2, 0) is 6.61 Å². The second-order valence-corrected chi connectivity index (χ2v) is 6.34. The fourth-order valence-corrected chi connectivity index (χ4v) is 2.93. The molecule has 6 heteroatoms. The third-order valence-electron chi connectivity index (χ3n) is 4.24. The lowest BCUT2D eigenvalue weighted by molar-refractivity contribution is 0.0714. The number of aromatic amines is 1. The number of nitrogens with one attached hydrogen (secondary N) is 1. The maximum atomic E-state index is 12.7. The lowest BCUT2D eigenvalue weighted by atomic mass is 10.0. The number of hydrogen-bond acceptors (Lipinski definition) is 4. The first-order valence-corrected chi connectivity index (χ1v) is 8.38. The predicted octanol–water partition coefficient (Wildman–Crippen LogP) is 3.03. The van der Waals surface area contributed by atoms with Crippen molar-refractivity contribution in [1.82, 2.24) is 15.1 Å². The molecule has 0 fully saturated rings. The Balaban J connectivity index is 1.65. The summed E-state index contributed by atoms with van der Waals surface area (Å²) >= 11 is 0. The highest BCUT2D eigenvalue weighted by Gasteiger charge is 2.29. The Morgan fingerprint density at radius 1 is 1.36 bits per heavy atom. The van der Waals surface area contributed by atoms with E-state index in [4.69, 9.17) is 9.47 Å². The number of aromatic nitrogens is 2. The second-order valence-electron chi connectivity index (χ2n) is 6.34. The Hall–Kier alpha value is -2.76. The van der Waals surface area contributed by atoms with Gasteiger partial charge < -0.3 is 14.4 Å². The van der Waals surface area contributed by atoms with Crippen LogP contribution in [0.15, 0.2) is 42.5 Å². The molecule has 1 aliphatic heterocycles. The molecule has 0 spiro atoms. The molecule has 0 radical (unpaired) electrons. The number of rotatable bonds is 6. The molecule has 25 heavy (non-hydrogen) atoms. The number of carbonyl (C=O) groups is 1. The summed E-state index contributed by atoms with van der Waals surface area (Å²) in [6.07, 6.45) is 4.11. The lowest BCUT2D eigenvalue weighted by Crippen LogP contribution is -2.39. The van der Waals surface area contributed by atoms with Gasteiger partial charge in [-0.25, -0.2) is 0 Å². The highest BCUT2D eigenvalue weighted by molar-refractivity contribution is 5.93. The number of H-pyrrole nitrogens is 1. The summed E-state index contributed by atoms with van der Waals surface area (Å²) in [5, 5.41) is 7.03. The highest BCUT2D eigenvalue weighted by Crippen LogP contribution is 2.26. The monoisotopic (exact) mass is 341 g/mol. The number of nitrogens with zero attached hydrogens (tertiary/aromatic N) is 2. The van der Waals surface area contributed by atoms with Crippen LogP contribution in [0, 0.1) is 5.92 Å². The van der Waals surface area contributed by atoms with Gasteiger partial charge >= 0.3 is 0 Å². The van der Waals surface area contributed by atoms with Crippen LogP contribution in [-0.4, -0.2) is 40.7 Å². The van der Waals surface area contributed by atoms with Crippen molar-refractivity contribution >= 4 is 5.91 Å². The molecule has 2 heterocycles. The van der Waals surface area contributed by atoms with Crippen molar-refractivity contribution in [3.8, 4) is 11.5 Å². The van der Waals surface area contributed by atoms with E-state index in [1.54, 1.807) is 13.2 Å². The Morgan fingerprint density at radius 2 is 2.12 bits per heavy atom. The van der Waals surface area contributed by atoms with E-state index in [1.807, 2.05) is 35.2 Å². The van der Waals surface area contributed by atoms with Crippen molar-refractivity contribution in [2.24, 2.45) is 5.92 Å². The quantitative estimate of drug-likeness (QED) is 0.820. The molecular formula is C19H23N3O3. The molecule has 6 nitrogen and oxygen atoms in total. The van der Waals surface area contributed by atoms with Gasteiger partial charge in [0.05, 0.1) is 18.8 Å². The minimum atomic E-state index is -0.0662. The Kier molecular flexibility index (Phi) is 5.07. The molecule has 132 valence electrons. The van der Waals surface area contributed by atoms with Crippen LogP contribution in [0.4, 0.5) is 0 Å². The molecule has 1 atom stereocenters. The summed E-state index contributed by atoms with van der Waals surface area (Å²) in [5.41, 5.74) is 1.15. The molecule has 1 N–H and O–H groups in total. The third kappa shape index (κ3) is 3.68. The van der Waals surface area contributed by atoms with Crippen LogP contribution >= 0.6 is 0 Å². The molecule has 0 aliphatic carbocycles. The van der Waals surface area contributed by atoms with E-state index in [9.17, 15) is 4.79 Å². The Labute approximate surface area is 147 Å². The van der Waals surface area contributed by atoms with E-state index < -0.39 is 0 Å². The zero-order valence-corrected chi connectivity index (χ0v) is 14.7. The first kappa shape index (κ1) is 17.1. The fourth-order valence-electron chi connectivity index (χ4n) is 2.93. The van der Waals surface area contributed by atoms with E-state index in [0.29, 0.717) is 29.7 Å². The average Bonchev–Trinajstić information content (AvgIpc) is 3.29. The van der Waals surface area contributed by atoms with E-state index in [1.165, 1.54) is 0 Å². The lowest BCUT2D eigenvalue weighted by Gasteiger charge is -2.26. The van der Waals surface area contributed by atoms with Crippen LogP contribution in [0.25, 0.3) is 0 Å². The van der Waals surface area contributed by atoms with E-state index >= 15 is 0 Å². The maximum Gasteiger partial charge on any atom is 0.275 e. The standard InChI is InChI=1S/C19H23N3O3/c1-13(2)16-7-6-10-22(16)19(23)15-11-14(20-21-15)12-25-18-9-5-4-8-17(18)24-3/h4-9,11,13,16H,10,12H2,1-3H3,(H,20,21)/t16-/m0/s1. The van der Waals surface area contributed by atoms with Crippen molar-refractivity contribution in [3.63, 3.8) is 0 Å². The largest absolute Gasteiger partial charge is 0.493 e. The van der Waals surface area contributed by atoms with Gasteiger partial charge in [-0.15, -0.1) is 0 Å². The molecule has 0 saturated heterocycles. The van der Waals surface area contributed by atoms with Gasteiger partial charge in [-0.3, -0.25) is 9.89 Å². The predicted molar refractivity (Wildman–Crippen MR) is 94.7 cm³/mol. The number of para-hydroxylation sites is 2. The molecule has 0 unspecified atom stereocenters. The number of amides is 1. The van der Waals surface area contributed by atoms with Gasteiger partial charge in [0.2, 0.25) is 0 Å². The maximum absolute atomic E-state index is 12.7. The van der Waals surface area contributed by atoms with Gasteiger partial charge in [0.1, 0.15) is 6.61 Å². The highest BCUT2D eigenvalue weighted by atomic mass is 16.5. The summed E-state index contributed by atoms with van der Waals surface area (Å²) in [4.78, 5) is 14.5. The van der Waals surface area contributed by atoms with Gasteiger partial charge in [0, 0.05) is 6.54 Å². The van der Waals surface area contributed by atoms with Crippen LogP contribution in [0.5, 0.6) is 11.5 Å². The van der Waals surface area contributed by atoms with Crippen molar-refractivity contribution in [2.45, 2.75) is 26.5 Å². The summed E-state index contributed by atoms with van der Waals surface area (Å²) in [6, 6.07) is 9.30. The van der Waals surface area contributed by atoms with Gasteiger partial charge in [0.15, 0.2) is 17.2 Å². The van der Waals surface area contributed by atoms with Crippen LogP contribution < -0.4 is 9.47 Å². The molecule has 1 aromatic heterocycles. The van der Waals surface area contributed by atoms with E-state index in [0.717, 1.165) is 5.69 Å². The number of ether oxygens (including phenoxy) is 2. The summed E-state index contributed by atoms with van der Waals surface area (Å²) in [5.74, 6) is 1.62. The Bertz CT molecular complexity index is 767. The first-order chi connectivity index (χ1) is 12.1. The molecule has 1 amide bonds. The van der Waals surface area contributed by atoms with Gasteiger partial charge in [0.25, 0.3) is 5.91 Å². The average molecular weight is 341 g/mol. The molecule has 2 aromatic rings. The molecule has 1 aromatic carbocycles. The van der Waals surface area contributed by atoms with Crippen molar-refractivity contribution in [2.75, 3.05) is 13.7 Å². The topological polar surface area (TPSA) is 67.5 Å². The number of carbonyl (C=O) groups excluding carboxylic acids is 1. The Morgan fingerprint density at radius 3 is 2.84 bits per heavy atom. The van der Waals surface area contributed by atoms with Crippen molar-refractivity contribution < 1.29 is 14.3 Å². The number of benzene rings is 1. The van der Waals surface area contributed by atoms with Gasteiger partial charge in [-0.05, 0) is 24.1 Å². The van der Waals surface area contributed by atoms with Crippen molar-refractivity contribution in [3.05, 3.63) is 53.9 Å². The number of hydrogen-bond donors (Lipinski definition) is 1. The van der Waals surface area contributed by atoms with E-state index in [2.05, 4.69) is 30.1 Å². The minimum Gasteiger partial charge on any atom is -0.493 e. The molecule has 1 aliphatic rings. The van der Waals surface area contributed by atoms with Crippen molar-refractivity contribution in [1.29, 1.82) is 0 Å². The zero-order chi connectivity index (χ0) is 17.8. The molecular weight excluding hydrogens is 318 g/mol. The molecule has 0 bridgehead atoms.